The Kier molecular flexibility index (Phi) is 6.95. The van der Waals surface area contributed by atoms with Crippen LogP contribution in [0.25, 0.3) is 0 Å². The third-order valence-electron chi connectivity index (χ3n) is 5.49. The smallest absolute Gasteiger partial charge is 0.410 e. The number of aromatic nitrogens is 2. The van der Waals surface area contributed by atoms with Crippen LogP contribution >= 0.6 is 11.3 Å². The predicted octanol–water partition coefficient (Wildman–Crippen LogP) is 4.24. The lowest BCUT2D eigenvalue weighted by Gasteiger charge is -2.26. The Hall–Kier alpha value is -3.77. The minimum atomic E-state index is -0.422. The topological polar surface area (TPSA) is 108 Å². The van der Waals surface area contributed by atoms with Gasteiger partial charge in [-0.2, -0.15) is 5.26 Å². The van der Waals surface area contributed by atoms with Gasteiger partial charge < -0.3 is 15.0 Å². The fraction of sp³-hybridized carbons (Fsp3) is 0.292. The second kappa shape index (κ2) is 10.2. The summed E-state index contributed by atoms with van der Waals surface area (Å²) in [4.78, 5) is 35.9. The van der Waals surface area contributed by atoms with E-state index in [2.05, 4.69) is 21.4 Å². The third kappa shape index (κ3) is 5.35. The lowest BCUT2D eigenvalue weighted by molar-refractivity contribution is -0.116. The zero-order chi connectivity index (χ0) is 23.2. The summed E-state index contributed by atoms with van der Waals surface area (Å²) < 4.78 is 5.39. The Bertz CT molecular complexity index is 1170. The first kappa shape index (κ1) is 22.4. The molecule has 0 bridgehead atoms. The first-order chi connectivity index (χ1) is 16.0. The van der Waals surface area contributed by atoms with Crippen molar-refractivity contribution in [2.75, 3.05) is 11.9 Å². The molecule has 1 aliphatic rings. The van der Waals surface area contributed by atoms with E-state index in [0.717, 1.165) is 16.0 Å². The first-order valence-corrected chi connectivity index (χ1v) is 11.4. The second-order valence-electron chi connectivity index (χ2n) is 7.81. The number of anilines is 1. The normalized spacial score (nSPS) is 13.5. The van der Waals surface area contributed by atoms with E-state index in [1.807, 2.05) is 25.1 Å². The van der Waals surface area contributed by atoms with Gasteiger partial charge in [-0.05, 0) is 41.7 Å². The number of hydrogen-bond acceptors (Lipinski definition) is 7. The Morgan fingerprint density at radius 1 is 1.30 bits per heavy atom. The van der Waals surface area contributed by atoms with Crippen LogP contribution in [0, 0.1) is 11.3 Å². The lowest BCUT2D eigenvalue weighted by atomic mass is 9.99. The van der Waals surface area contributed by atoms with Gasteiger partial charge in [0, 0.05) is 36.4 Å². The number of hydrogen-bond donors (Lipinski definition) is 1. The van der Waals surface area contributed by atoms with Crippen LogP contribution < -0.4 is 5.32 Å². The van der Waals surface area contributed by atoms with Gasteiger partial charge in [0.1, 0.15) is 17.7 Å². The number of carbonyl (C=O) groups is 2. The van der Waals surface area contributed by atoms with E-state index in [-0.39, 0.29) is 24.9 Å². The van der Waals surface area contributed by atoms with Crippen LogP contribution in [0.2, 0.25) is 0 Å². The van der Waals surface area contributed by atoms with Gasteiger partial charge in [-0.25, -0.2) is 4.79 Å². The van der Waals surface area contributed by atoms with Gasteiger partial charge >= 0.3 is 6.09 Å². The van der Waals surface area contributed by atoms with Crippen LogP contribution in [0.5, 0.6) is 0 Å². The minimum absolute atomic E-state index is 0.00295. The van der Waals surface area contributed by atoms with Gasteiger partial charge in [-0.3, -0.25) is 14.8 Å². The number of ether oxygens (including phenoxy) is 1. The van der Waals surface area contributed by atoms with E-state index < -0.39 is 6.09 Å². The number of rotatable bonds is 6. The quantitative estimate of drug-likeness (QED) is 0.588. The molecule has 2 amide bonds. The van der Waals surface area contributed by atoms with Crippen molar-refractivity contribution < 1.29 is 14.3 Å². The van der Waals surface area contributed by atoms with Crippen molar-refractivity contribution in [3.8, 4) is 6.07 Å². The van der Waals surface area contributed by atoms with E-state index in [4.69, 9.17) is 4.74 Å². The Balaban J connectivity index is 1.39. The van der Waals surface area contributed by atoms with Crippen molar-refractivity contribution >= 4 is 28.3 Å². The Morgan fingerprint density at radius 2 is 2.18 bits per heavy atom. The molecule has 33 heavy (non-hydrogen) atoms. The molecule has 4 rings (SSSR count). The number of pyridine rings is 2. The van der Waals surface area contributed by atoms with E-state index >= 15 is 0 Å². The standard InChI is InChI=1S/C24H23N5O3S/c1-16(17-5-4-8-26-13-17)11-22(30)28-23-20(12-25)19-7-10-29(14-21(19)33-23)24(31)32-15-18-6-2-3-9-27-18/h2-6,8-9,13,16H,7,10-11,14-15H2,1H3,(H,28,30)/t16-/m0/s1. The lowest BCUT2D eigenvalue weighted by Crippen LogP contribution is -2.35. The molecule has 0 spiro atoms. The molecule has 1 aliphatic heterocycles. The molecule has 0 saturated carbocycles. The van der Waals surface area contributed by atoms with Crippen molar-refractivity contribution in [1.29, 1.82) is 5.26 Å². The maximum Gasteiger partial charge on any atom is 0.410 e. The number of nitrogens with zero attached hydrogens (tertiary/aromatic N) is 4. The molecule has 1 N–H and O–H groups in total. The van der Waals surface area contributed by atoms with E-state index in [0.29, 0.717) is 35.8 Å². The maximum absolute atomic E-state index is 12.6. The zero-order valence-corrected chi connectivity index (χ0v) is 19.0. The average Bonchev–Trinajstić information content (AvgIpc) is 3.19. The molecule has 3 aromatic heterocycles. The number of nitriles is 1. The summed E-state index contributed by atoms with van der Waals surface area (Å²) in [5.74, 6) is -0.156. The summed E-state index contributed by atoms with van der Waals surface area (Å²) in [6.07, 6.45) is 5.50. The van der Waals surface area contributed by atoms with Crippen LogP contribution in [0.1, 0.15) is 46.5 Å². The van der Waals surface area contributed by atoms with Crippen LogP contribution in [-0.2, 0) is 29.1 Å². The molecule has 0 unspecified atom stereocenters. The van der Waals surface area contributed by atoms with Crippen molar-refractivity contribution in [2.24, 2.45) is 0 Å². The average molecular weight is 462 g/mol. The summed E-state index contributed by atoms with van der Waals surface area (Å²) in [7, 11) is 0. The summed E-state index contributed by atoms with van der Waals surface area (Å²) in [6.45, 7) is 2.87. The van der Waals surface area contributed by atoms with Gasteiger partial charge in [-0.15, -0.1) is 11.3 Å². The molecule has 8 nitrogen and oxygen atoms in total. The van der Waals surface area contributed by atoms with Gasteiger partial charge in [0.25, 0.3) is 0 Å². The highest BCUT2D eigenvalue weighted by atomic mass is 32.1. The molecule has 0 aromatic carbocycles. The van der Waals surface area contributed by atoms with Crippen LogP contribution in [0.4, 0.5) is 9.80 Å². The van der Waals surface area contributed by atoms with Crippen LogP contribution in [0.15, 0.2) is 48.9 Å². The van der Waals surface area contributed by atoms with Crippen LogP contribution in [-0.4, -0.2) is 33.4 Å². The second-order valence-corrected chi connectivity index (χ2v) is 8.91. The number of nitrogens with one attached hydrogen (secondary N) is 1. The number of fused-ring (bicyclic) bond motifs is 1. The highest BCUT2D eigenvalue weighted by molar-refractivity contribution is 7.16. The molecule has 9 heteroatoms. The maximum atomic E-state index is 12.6. The number of thiophene rings is 1. The summed E-state index contributed by atoms with van der Waals surface area (Å²) in [6, 6.07) is 11.5. The summed E-state index contributed by atoms with van der Waals surface area (Å²) in [5, 5.41) is 13.1. The summed E-state index contributed by atoms with van der Waals surface area (Å²) >= 11 is 1.34. The molecule has 168 valence electrons. The highest BCUT2D eigenvalue weighted by Crippen LogP contribution is 2.37. The third-order valence-corrected chi connectivity index (χ3v) is 6.63. The highest BCUT2D eigenvalue weighted by Gasteiger charge is 2.28. The minimum Gasteiger partial charge on any atom is -0.443 e. The predicted molar refractivity (Wildman–Crippen MR) is 123 cm³/mol. The van der Waals surface area contributed by atoms with Crippen molar-refractivity contribution in [3.63, 3.8) is 0 Å². The van der Waals surface area contributed by atoms with Gasteiger partial charge in [-0.1, -0.05) is 19.1 Å². The Labute approximate surface area is 195 Å². The molecule has 0 fully saturated rings. The van der Waals surface area contributed by atoms with E-state index in [1.165, 1.54) is 11.3 Å². The van der Waals surface area contributed by atoms with Crippen molar-refractivity contribution in [1.82, 2.24) is 14.9 Å². The fourth-order valence-electron chi connectivity index (χ4n) is 3.72. The van der Waals surface area contributed by atoms with Crippen molar-refractivity contribution in [3.05, 3.63) is 76.2 Å². The number of amides is 2. The SMILES string of the molecule is C[C@@H](CC(=O)Nc1sc2c(c1C#N)CCN(C(=O)OCc1ccccn1)C2)c1cccnc1. The van der Waals surface area contributed by atoms with E-state index in [1.54, 1.807) is 35.6 Å². The molecule has 0 aliphatic carbocycles. The van der Waals surface area contributed by atoms with E-state index in [9.17, 15) is 14.9 Å². The van der Waals surface area contributed by atoms with Gasteiger partial charge in [0.15, 0.2) is 0 Å². The molecule has 1 atom stereocenters. The molecular formula is C24H23N5O3S. The van der Waals surface area contributed by atoms with Crippen molar-refractivity contribution in [2.45, 2.75) is 38.8 Å². The fourth-order valence-corrected chi connectivity index (χ4v) is 4.95. The monoisotopic (exact) mass is 461 g/mol. The molecule has 0 saturated heterocycles. The molecule has 0 radical (unpaired) electrons. The van der Waals surface area contributed by atoms with Gasteiger partial charge in [0.2, 0.25) is 5.91 Å². The number of carbonyl (C=O) groups excluding carboxylic acids is 2. The molecule has 4 heterocycles. The Morgan fingerprint density at radius 3 is 2.91 bits per heavy atom. The summed E-state index contributed by atoms with van der Waals surface area (Å²) in [5.41, 5.74) is 3.04. The zero-order valence-electron chi connectivity index (χ0n) is 18.2. The molecular weight excluding hydrogens is 438 g/mol. The van der Waals surface area contributed by atoms with Crippen LogP contribution in [0.3, 0.4) is 0 Å². The first-order valence-electron chi connectivity index (χ1n) is 10.6. The molecule has 3 aromatic rings. The largest absolute Gasteiger partial charge is 0.443 e. The van der Waals surface area contributed by atoms with Gasteiger partial charge in [0.05, 0.1) is 17.8 Å².